The third-order valence-corrected chi connectivity index (χ3v) is 7.50. The van der Waals surface area contributed by atoms with Crippen LogP contribution in [0.5, 0.6) is 5.75 Å². The number of amidine groups is 1. The first-order valence-corrected chi connectivity index (χ1v) is 12.8. The zero-order valence-corrected chi connectivity index (χ0v) is 21.5. The number of methoxy groups -OCH3 is 1. The summed E-state index contributed by atoms with van der Waals surface area (Å²) < 4.78 is 10.3. The molecule has 1 atom stereocenters. The standard InChI is InChI=1S/C24H34N8O3S/c1-16(15-33)32(26)23(29-25)20-6-5-7-22(27-20)28-24(34)19-12-18-14-31(36-30-9-3-4-10-30)11-8-17(18)13-21(19)35-2/h5-7,12-13,16,33H,3-4,8-11,14-15,25-26H2,1-2H3,(H,27,28,34)/b29-23-. The van der Waals surface area contributed by atoms with Crippen molar-refractivity contribution in [3.63, 3.8) is 0 Å². The van der Waals surface area contributed by atoms with Crippen molar-refractivity contribution < 1.29 is 14.6 Å². The largest absolute Gasteiger partial charge is 0.496 e. The molecule has 0 bridgehead atoms. The van der Waals surface area contributed by atoms with E-state index in [2.05, 4.69) is 24.0 Å². The van der Waals surface area contributed by atoms with Crippen molar-refractivity contribution in [1.29, 1.82) is 0 Å². The highest BCUT2D eigenvalue weighted by molar-refractivity contribution is 7.94. The molecule has 2 aliphatic rings. The van der Waals surface area contributed by atoms with Crippen LogP contribution in [0, 0.1) is 0 Å². The molecule has 2 aliphatic heterocycles. The van der Waals surface area contributed by atoms with Crippen LogP contribution in [-0.2, 0) is 13.0 Å². The van der Waals surface area contributed by atoms with Gasteiger partial charge in [-0.1, -0.05) is 6.07 Å². The number of rotatable bonds is 8. The van der Waals surface area contributed by atoms with E-state index in [4.69, 9.17) is 16.4 Å². The normalized spacial score (nSPS) is 17.5. The highest BCUT2D eigenvalue weighted by atomic mass is 32.2. The van der Waals surface area contributed by atoms with E-state index in [1.165, 1.54) is 23.4 Å². The Labute approximate surface area is 215 Å². The number of carbonyl (C=O) groups excluding carboxylic acids is 1. The fraction of sp³-hybridized carbons (Fsp3) is 0.458. The van der Waals surface area contributed by atoms with Crippen molar-refractivity contribution in [2.24, 2.45) is 16.8 Å². The third-order valence-electron chi connectivity index (χ3n) is 6.37. The quantitative estimate of drug-likeness (QED) is 0.134. The van der Waals surface area contributed by atoms with Crippen molar-refractivity contribution >= 4 is 29.7 Å². The molecule has 194 valence electrons. The highest BCUT2D eigenvalue weighted by Gasteiger charge is 2.25. The van der Waals surface area contributed by atoms with Crippen LogP contribution in [0.15, 0.2) is 35.4 Å². The maximum atomic E-state index is 13.3. The van der Waals surface area contributed by atoms with Gasteiger partial charge in [0.1, 0.15) is 17.3 Å². The Morgan fingerprint density at radius 1 is 1.28 bits per heavy atom. The third kappa shape index (κ3) is 5.90. The molecule has 4 rings (SSSR count). The summed E-state index contributed by atoms with van der Waals surface area (Å²) in [5.41, 5.74) is 3.13. The van der Waals surface area contributed by atoms with Gasteiger partial charge in [-0.05, 0) is 61.6 Å². The van der Waals surface area contributed by atoms with Crippen molar-refractivity contribution in [1.82, 2.24) is 18.6 Å². The molecule has 3 heterocycles. The summed E-state index contributed by atoms with van der Waals surface area (Å²) in [4.78, 5) is 17.8. The van der Waals surface area contributed by atoms with Gasteiger partial charge in [-0.15, -0.1) is 0 Å². The number of hydrogen-bond donors (Lipinski definition) is 4. The summed E-state index contributed by atoms with van der Waals surface area (Å²) in [7, 11) is 1.57. The Morgan fingerprint density at radius 2 is 2.06 bits per heavy atom. The Morgan fingerprint density at radius 3 is 2.75 bits per heavy atom. The van der Waals surface area contributed by atoms with E-state index in [9.17, 15) is 9.90 Å². The molecular formula is C24H34N8O3S. The van der Waals surface area contributed by atoms with Crippen LogP contribution in [0.1, 0.15) is 46.9 Å². The average Bonchev–Trinajstić information content (AvgIpc) is 3.41. The summed E-state index contributed by atoms with van der Waals surface area (Å²) in [6.45, 7) is 5.50. The minimum Gasteiger partial charge on any atom is -0.496 e. The Hall–Kier alpha value is -2.90. The van der Waals surface area contributed by atoms with Crippen LogP contribution >= 0.6 is 12.1 Å². The monoisotopic (exact) mass is 514 g/mol. The van der Waals surface area contributed by atoms with Gasteiger partial charge in [0.15, 0.2) is 5.84 Å². The molecule has 1 aromatic heterocycles. The van der Waals surface area contributed by atoms with Crippen LogP contribution in [0.25, 0.3) is 0 Å². The molecule has 0 spiro atoms. The van der Waals surface area contributed by atoms with Gasteiger partial charge < -0.3 is 21.0 Å². The second-order valence-electron chi connectivity index (χ2n) is 8.91. The Kier molecular flexibility index (Phi) is 8.64. The number of aliphatic hydroxyl groups is 1. The topological polar surface area (TPSA) is 146 Å². The number of amides is 1. The first-order valence-electron chi connectivity index (χ1n) is 12.0. The lowest BCUT2D eigenvalue weighted by Gasteiger charge is -2.31. The lowest BCUT2D eigenvalue weighted by molar-refractivity contribution is 0.102. The van der Waals surface area contributed by atoms with E-state index < -0.39 is 6.04 Å². The number of aromatic nitrogens is 1. The number of hydrogen-bond acceptors (Lipinski definition) is 10. The summed E-state index contributed by atoms with van der Waals surface area (Å²) in [6, 6.07) is 8.53. The molecule has 1 fully saturated rings. The lowest BCUT2D eigenvalue weighted by Crippen LogP contribution is -2.47. The maximum Gasteiger partial charge on any atom is 0.260 e. The fourth-order valence-corrected chi connectivity index (χ4v) is 5.40. The summed E-state index contributed by atoms with van der Waals surface area (Å²) in [5.74, 6) is 12.3. The van der Waals surface area contributed by atoms with Crippen molar-refractivity contribution in [3.05, 3.63) is 52.7 Å². The van der Waals surface area contributed by atoms with E-state index in [-0.39, 0.29) is 18.3 Å². The molecular weight excluding hydrogens is 480 g/mol. The highest BCUT2D eigenvalue weighted by Crippen LogP contribution is 2.32. The predicted molar refractivity (Wildman–Crippen MR) is 141 cm³/mol. The van der Waals surface area contributed by atoms with Crippen molar-refractivity contribution in [3.8, 4) is 5.75 Å². The second kappa shape index (κ2) is 11.9. The predicted octanol–water partition coefficient (Wildman–Crippen LogP) is 1.54. The number of hydrazine groups is 1. The van der Waals surface area contributed by atoms with E-state index in [1.54, 1.807) is 44.4 Å². The number of pyridine rings is 1. The van der Waals surface area contributed by atoms with Crippen molar-refractivity contribution in [2.45, 2.75) is 38.8 Å². The first kappa shape index (κ1) is 26.2. The van der Waals surface area contributed by atoms with E-state index >= 15 is 0 Å². The van der Waals surface area contributed by atoms with Gasteiger partial charge in [0.2, 0.25) is 0 Å². The van der Waals surface area contributed by atoms with Gasteiger partial charge in [-0.25, -0.2) is 19.4 Å². The van der Waals surface area contributed by atoms with Gasteiger partial charge in [-0.2, -0.15) is 5.10 Å². The van der Waals surface area contributed by atoms with E-state index in [0.717, 1.165) is 38.2 Å². The van der Waals surface area contributed by atoms with Crippen LogP contribution in [-0.4, -0.2) is 74.8 Å². The van der Waals surface area contributed by atoms with Gasteiger partial charge >= 0.3 is 0 Å². The number of nitrogens with one attached hydrogen (secondary N) is 1. The zero-order valence-electron chi connectivity index (χ0n) is 20.7. The molecule has 1 saturated heterocycles. The Bertz CT molecular complexity index is 1110. The van der Waals surface area contributed by atoms with Gasteiger partial charge in [0.25, 0.3) is 5.91 Å². The molecule has 0 saturated carbocycles. The number of ether oxygens (including phenoxy) is 1. The number of anilines is 1. The molecule has 12 heteroatoms. The van der Waals surface area contributed by atoms with Gasteiger partial charge in [-0.3, -0.25) is 9.80 Å². The van der Waals surface area contributed by atoms with Gasteiger partial charge in [0.05, 0.1) is 25.3 Å². The number of carbonyl (C=O) groups is 1. The van der Waals surface area contributed by atoms with Crippen LogP contribution in [0.2, 0.25) is 0 Å². The van der Waals surface area contributed by atoms with Gasteiger partial charge in [0, 0.05) is 38.3 Å². The zero-order chi connectivity index (χ0) is 25.7. The first-order chi connectivity index (χ1) is 17.4. The summed E-state index contributed by atoms with van der Waals surface area (Å²) in [6.07, 6.45) is 3.40. The molecule has 1 amide bonds. The maximum absolute atomic E-state index is 13.3. The SMILES string of the molecule is COc1cc2c(cc1C(=O)Nc1cccc(/C(=N/N)N(N)C(C)CO)n1)CN(SN1CCCC1)CC2. The number of nitrogens with two attached hydrogens (primary N) is 2. The lowest BCUT2D eigenvalue weighted by atomic mass is 9.97. The number of aliphatic hydroxyl groups excluding tert-OH is 1. The number of fused-ring (bicyclic) bond motifs is 1. The molecule has 11 nitrogen and oxygen atoms in total. The molecule has 6 N–H and O–H groups in total. The number of hydrazone groups is 1. The fourth-order valence-electron chi connectivity index (χ4n) is 4.28. The molecule has 36 heavy (non-hydrogen) atoms. The molecule has 0 radical (unpaired) electrons. The van der Waals surface area contributed by atoms with Crippen LogP contribution < -0.4 is 21.7 Å². The van der Waals surface area contributed by atoms with E-state index in [0.29, 0.717) is 22.8 Å². The minimum absolute atomic E-state index is 0.183. The second-order valence-corrected chi connectivity index (χ2v) is 10.1. The molecule has 1 unspecified atom stereocenters. The number of nitrogens with zero attached hydrogens (tertiary/aromatic N) is 5. The summed E-state index contributed by atoms with van der Waals surface area (Å²) >= 11 is 1.80. The molecule has 1 aromatic carbocycles. The van der Waals surface area contributed by atoms with Crippen LogP contribution in [0.4, 0.5) is 5.82 Å². The minimum atomic E-state index is -0.421. The average molecular weight is 515 g/mol. The molecule has 0 aliphatic carbocycles. The Balaban J connectivity index is 1.52. The summed E-state index contributed by atoms with van der Waals surface area (Å²) in [5, 5.41) is 17.2. The smallest absolute Gasteiger partial charge is 0.260 e. The van der Waals surface area contributed by atoms with Crippen LogP contribution in [0.3, 0.4) is 0 Å². The van der Waals surface area contributed by atoms with Crippen molar-refractivity contribution in [2.75, 3.05) is 38.7 Å². The number of benzene rings is 1. The molecule has 2 aromatic rings. The van der Waals surface area contributed by atoms with E-state index in [1.807, 2.05) is 12.1 Å².